The van der Waals surface area contributed by atoms with E-state index in [0.29, 0.717) is 11.3 Å². The van der Waals surface area contributed by atoms with Crippen molar-refractivity contribution in [1.82, 2.24) is 4.98 Å². The molecule has 0 bridgehead atoms. The average molecular weight is 345 g/mol. The van der Waals surface area contributed by atoms with Gasteiger partial charge in [0.1, 0.15) is 16.8 Å². The Balaban J connectivity index is 1.98. The minimum atomic E-state index is -0.712. The van der Waals surface area contributed by atoms with E-state index in [-0.39, 0.29) is 16.3 Å². The van der Waals surface area contributed by atoms with Crippen molar-refractivity contribution in [1.29, 1.82) is 0 Å². The lowest BCUT2D eigenvalue weighted by Crippen LogP contribution is -2.13. The molecule has 0 saturated heterocycles. The number of hydrogen-bond donors (Lipinski definition) is 1. The summed E-state index contributed by atoms with van der Waals surface area (Å²) in [6.45, 7) is 0. The summed E-state index contributed by atoms with van der Waals surface area (Å²) in [6, 6.07) is 13.1. The third-order valence-electron chi connectivity index (χ3n) is 3.40. The molecule has 0 fully saturated rings. The van der Waals surface area contributed by atoms with Crippen molar-refractivity contribution in [2.75, 3.05) is 5.32 Å². The maximum Gasteiger partial charge on any atom is 0.258 e. The Hall–Kier alpha value is -2.79. The first-order chi connectivity index (χ1) is 11.6. The fraction of sp³-hybridized carbons (Fsp3) is 0. The molecule has 1 heterocycles. The van der Waals surface area contributed by atoms with Gasteiger partial charge in [-0.2, -0.15) is 0 Å². The Morgan fingerprint density at radius 1 is 1.00 bits per heavy atom. The van der Waals surface area contributed by atoms with E-state index in [2.05, 4.69) is 10.3 Å². The predicted molar refractivity (Wildman–Crippen MR) is 89.0 cm³/mol. The zero-order valence-electron chi connectivity index (χ0n) is 12.3. The summed E-state index contributed by atoms with van der Waals surface area (Å²) >= 11 is 5.91. The summed E-state index contributed by atoms with van der Waals surface area (Å²) in [6.07, 6.45) is 1.47. The summed E-state index contributed by atoms with van der Waals surface area (Å²) in [7, 11) is 0. The molecule has 120 valence electrons. The van der Waals surface area contributed by atoms with E-state index in [9.17, 15) is 13.6 Å². The number of pyridine rings is 1. The maximum absolute atomic E-state index is 14.1. The molecule has 0 saturated carbocycles. The topological polar surface area (TPSA) is 42.0 Å². The molecule has 0 atom stereocenters. The molecular weight excluding hydrogens is 334 g/mol. The highest BCUT2D eigenvalue weighted by molar-refractivity contribution is 6.33. The van der Waals surface area contributed by atoms with Crippen molar-refractivity contribution >= 4 is 23.2 Å². The number of benzene rings is 2. The first kappa shape index (κ1) is 16.1. The Kier molecular flexibility index (Phi) is 4.53. The highest BCUT2D eigenvalue weighted by Gasteiger charge is 2.15. The fourth-order valence-electron chi connectivity index (χ4n) is 2.28. The van der Waals surface area contributed by atoms with E-state index >= 15 is 0 Å². The summed E-state index contributed by atoms with van der Waals surface area (Å²) in [5.74, 6) is -1.85. The number of carbonyl (C=O) groups excluding carboxylic acids is 1. The summed E-state index contributed by atoms with van der Waals surface area (Å²) in [4.78, 5) is 16.2. The van der Waals surface area contributed by atoms with Crippen LogP contribution in [0.15, 0.2) is 60.8 Å². The highest BCUT2D eigenvalue weighted by Crippen LogP contribution is 2.30. The van der Waals surface area contributed by atoms with Gasteiger partial charge in [-0.05, 0) is 30.3 Å². The van der Waals surface area contributed by atoms with Crippen LogP contribution in [0, 0.1) is 11.6 Å². The van der Waals surface area contributed by atoms with Gasteiger partial charge in [0.15, 0.2) is 0 Å². The number of anilines is 1. The quantitative estimate of drug-likeness (QED) is 0.684. The monoisotopic (exact) mass is 344 g/mol. The van der Waals surface area contributed by atoms with E-state index in [1.165, 1.54) is 18.3 Å². The Morgan fingerprint density at radius 3 is 2.54 bits per heavy atom. The van der Waals surface area contributed by atoms with E-state index in [4.69, 9.17) is 11.6 Å². The standard InChI is InChI=1S/C18H11ClF2N2O/c19-17-14(5-3-9-22-17)18(24)23-16-6-2-1-4-13(16)12-8-7-11(20)10-15(12)21/h1-10H,(H,23,24). The number of rotatable bonds is 3. The van der Waals surface area contributed by atoms with Crippen LogP contribution < -0.4 is 5.32 Å². The van der Waals surface area contributed by atoms with E-state index in [1.54, 1.807) is 30.3 Å². The number of aromatic nitrogens is 1. The van der Waals surface area contributed by atoms with Gasteiger partial charge in [-0.25, -0.2) is 13.8 Å². The van der Waals surface area contributed by atoms with Gasteiger partial charge >= 0.3 is 0 Å². The van der Waals surface area contributed by atoms with E-state index < -0.39 is 17.5 Å². The number of carbonyl (C=O) groups is 1. The van der Waals surface area contributed by atoms with Gasteiger partial charge in [-0.3, -0.25) is 4.79 Å². The molecule has 3 rings (SSSR count). The van der Waals surface area contributed by atoms with Crippen LogP contribution in [0.3, 0.4) is 0 Å². The lowest BCUT2D eigenvalue weighted by molar-refractivity contribution is 0.102. The predicted octanol–water partition coefficient (Wildman–Crippen LogP) is 4.93. The van der Waals surface area contributed by atoms with Crippen LogP contribution in [-0.2, 0) is 0 Å². The summed E-state index contributed by atoms with van der Waals surface area (Å²) < 4.78 is 27.2. The van der Waals surface area contributed by atoms with Crippen molar-refractivity contribution < 1.29 is 13.6 Å². The Morgan fingerprint density at radius 2 is 1.79 bits per heavy atom. The first-order valence-corrected chi connectivity index (χ1v) is 7.40. The number of halogens is 3. The second-order valence-corrected chi connectivity index (χ2v) is 5.32. The van der Waals surface area contributed by atoms with Crippen LogP contribution in [0.1, 0.15) is 10.4 Å². The zero-order valence-corrected chi connectivity index (χ0v) is 13.0. The molecule has 6 heteroatoms. The van der Waals surface area contributed by atoms with Crippen molar-refractivity contribution in [3.05, 3.63) is 83.1 Å². The third kappa shape index (κ3) is 3.26. The van der Waals surface area contributed by atoms with E-state index in [1.807, 2.05) is 0 Å². The molecule has 0 unspecified atom stereocenters. The van der Waals surface area contributed by atoms with Crippen molar-refractivity contribution in [2.24, 2.45) is 0 Å². The second-order valence-electron chi connectivity index (χ2n) is 4.97. The fourth-order valence-corrected chi connectivity index (χ4v) is 2.49. The normalized spacial score (nSPS) is 10.5. The van der Waals surface area contributed by atoms with Crippen LogP contribution in [0.25, 0.3) is 11.1 Å². The Bertz CT molecular complexity index is 915. The number of amides is 1. The van der Waals surface area contributed by atoms with Crippen molar-refractivity contribution in [2.45, 2.75) is 0 Å². The van der Waals surface area contributed by atoms with Gasteiger partial charge in [-0.1, -0.05) is 29.8 Å². The minimum Gasteiger partial charge on any atom is -0.321 e. The van der Waals surface area contributed by atoms with Gasteiger partial charge in [0.25, 0.3) is 5.91 Å². The molecular formula is C18H11ClF2N2O. The largest absolute Gasteiger partial charge is 0.321 e. The molecule has 2 aromatic carbocycles. The van der Waals surface area contributed by atoms with Crippen molar-refractivity contribution in [3.63, 3.8) is 0 Å². The number of para-hydroxylation sites is 1. The van der Waals surface area contributed by atoms with Crippen LogP contribution in [0.4, 0.5) is 14.5 Å². The van der Waals surface area contributed by atoms with Crippen LogP contribution in [0.2, 0.25) is 5.15 Å². The van der Waals surface area contributed by atoms with Crippen LogP contribution in [0.5, 0.6) is 0 Å². The molecule has 3 nitrogen and oxygen atoms in total. The SMILES string of the molecule is O=C(Nc1ccccc1-c1ccc(F)cc1F)c1cccnc1Cl. The smallest absolute Gasteiger partial charge is 0.258 e. The van der Waals surface area contributed by atoms with Crippen LogP contribution in [-0.4, -0.2) is 10.9 Å². The van der Waals surface area contributed by atoms with E-state index in [0.717, 1.165) is 12.1 Å². The molecule has 0 radical (unpaired) electrons. The number of nitrogens with zero attached hydrogens (tertiary/aromatic N) is 1. The molecule has 1 N–H and O–H groups in total. The lowest BCUT2D eigenvalue weighted by atomic mass is 10.0. The molecule has 3 aromatic rings. The van der Waals surface area contributed by atoms with Gasteiger partial charge in [-0.15, -0.1) is 0 Å². The first-order valence-electron chi connectivity index (χ1n) is 7.02. The number of nitrogens with one attached hydrogen (secondary N) is 1. The van der Waals surface area contributed by atoms with Gasteiger partial charge in [0.2, 0.25) is 0 Å². The average Bonchev–Trinajstić information content (AvgIpc) is 2.56. The number of hydrogen-bond acceptors (Lipinski definition) is 2. The lowest BCUT2D eigenvalue weighted by Gasteiger charge is -2.12. The molecule has 1 amide bonds. The second kappa shape index (κ2) is 6.76. The molecule has 0 aliphatic heterocycles. The van der Waals surface area contributed by atoms with Crippen molar-refractivity contribution in [3.8, 4) is 11.1 Å². The summed E-state index contributed by atoms with van der Waals surface area (Å²) in [5, 5.41) is 2.75. The molecule has 0 aliphatic carbocycles. The van der Waals surface area contributed by atoms with Gasteiger partial charge < -0.3 is 5.32 Å². The molecule has 0 aliphatic rings. The maximum atomic E-state index is 14.1. The van der Waals surface area contributed by atoms with Gasteiger partial charge in [0, 0.05) is 29.1 Å². The minimum absolute atomic E-state index is 0.0699. The summed E-state index contributed by atoms with van der Waals surface area (Å²) in [5.41, 5.74) is 1.20. The highest BCUT2D eigenvalue weighted by atomic mass is 35.5. The molecule has 0 spiro atoms. The van der Waals surface area contributed by atoms with Crippen LogP contribution >= 0.6 is 11.6 Å². The Labute approximate surface area is 141 Å². The van der Waals surface area contributed by atoms with Gasteiger partial charge in [0.05, 0.1) is 5.56 Å². The molecule has 1 aromatic heterocycles. The zero-order chi connectivity index (χ0) is 17.1. The third-order valence-corrected chi connectivity index (χ3v) is 3.70. The molecule has 24 heavy (non-hydrogen) atoms.